The number of aliphatic hydroxyl groups is 1. The first-order valence-electron chi connectivity index (χ1n) is 7.07. The van der Waals surface area contributed by atoms with Crippen LogP contribution in [0.3, 0.4) is 0 Å². The molecule has 17 heavy (non-hydrogen) atoms. The summed E-state index contributed by atoms with van der Waals surface area (Å²) in [7, 11) is 0. The molecule has 2 atom stereocenters. The van der Waals surface area contributed by atoms with E-state index in [2.05, 4.69) is 12.2 Å². The number of nitrogens with one attached hydrogen (secondary N) is 1. The third-order valence-electron chi connectivity index (χ3n) is 4.72. The summed E-state index contributed by atoms with van der Waals surface area (Å²) in [6, 6.07) is 0.214. The van der Waals surface area contributed by atoms with E-state index in [1.54, 1.807) is 0 Å². The van der Waals surface area contributed by atoms with Gasteiger partial charge in [0.2, 0.25) is 5.91 Å². The van der Waals surface area contributed by atoms with Crippen LogP contribution < -0.4 is 5.32 Å². The third kappa shape index (κ3) is 2.82. The molecule has 2 rings (SSSR count). The lowest BCUT2D eigenvalue weighted by atomic mass is 9.75. The van der Waals surface area contributed by atoms with Crippen LogP contribution in [-0.2, 0) is 4.79 Å². The van der Waals surface area contributed by atoms with Gasteiger partial charge in [-0.25, -0.2) is 0 Å². The normalized spacial score (nSPS) is 32.4. The molecule has 3 heteroatoms. The highest BCUT2D eigenvalue weighted by atomic mass is 16.3. The molecule has 2 aliphatic carbocycles. The number of carbonyl (C=O) groups is 1. The molecule has 0 spiro atoms. The van der Waals surface area contributed by atoms with E-state index in [-0.39, 0.29) is 29.9 Å². The van der Waals surface area contributed by atoms with E-state index in [0.29, 0.717) is 0 Å². The van der Waals surface area contributed by atoms with E-state index in [1.165, 1.54) is 19.3 Å². The molecule has 0 aliphatic heterocycles. The summed E-state index contributed by atoms with van der Waals surface area (Å²) < 4.78 is 0. The van der Waals surface area contributed by atoms with E-state index in [9.17, 15) is 9.90 Å². The van der Waals surface area contributed by atoms with Crippen LogP contribution in [0.15, 0.2) is 0 Å². The fraction of sp³-hybridized carbons (Fsp3) is 0.929. The van der Waals surface area contributed by atoms with Crippen molar-refractivity contribution in [3.63, 3.8) is 0 Å². The lowest BCUT2D eigenvalue weighted by Gasteiger charge is -2.34. The van der Waals surface area contributed by atoms with Gasteiger partial charge in [0.1, 0.15) is 0 Å². The quantitative estimate of drug-likeness (QED) is 0.793. The minimum atomic E-state index is -0.152. The van der Waals surface area contributed by atoms with E-state index < -0.39 is 0 Å². The van der Waals surface area contributed by atoms with Crippen molar-refractivity contribution in [3.8, 4) is 0 Å². The van der Waals surface area contributed by atoms with Crippen molar-refractivity contribution in [2.45, 2.75) is 64.3 Å². The molecule has 2 fully saturated rings. The van der Waals surface area contributed by atoms with Crippen LogP contribution in [0.4, 0.5) is 0 Å². The van der Waals surface area contributed by atoms with Gasteiger partial charge in [0, 0.05) is 24.0 Å². The van der Waals surface area contributed by atoms with Gasteiger partial charge < -0.3 is 10.4 Å². The summed E-state index contributed by atoms with van der Waals surface area (Å²) in [5.74, 6) is 0.508. The predicted octanol–water partition coefficient (Wildman–Crippen LogP) is 2.23. The van der Waals surface area contributed by atoms with E-state index in [1.807, 2.05) is 0 Å². The highest BCUT2D eigenvalue weighted by molar-refractivity contribution is 5.82. The molecule has 98 valence electrons. The minimum absolute atomic E-state index is 0.152. The maximum absolute atomic E-state index is 12.3. The van der Waals surface area contributed by atoms with Crippen molar-refractivity contribution in [3.05, 3.63) is 0 Å². The Hall–Kier alpha value is -0.570. The van der Waals surface area contributed by atoms with Crippen molar-refractivity contribution >= 4 is 5.91 Å². The number of hydrogen-bond donors (Lipinski definition) is 2. The Morgan fingerprint density at radius 3 is 2.59 bits per heavy atom. The number of hydrogen-bond acceptors (Lipinski definition) is 2. The van der Waals surface area contributed by atoms with E-state index >= 15 is 0 Å². The van der Waals surface area contributed by atoms with Crippen LogP contribution in [0.2, 0.25) is 0 Å². The van der Waals surface area contributed by atoms with Crippen molar-refractivity contribution in [1.29, 1.82) is 0 Å². The van der Waals surface area contributed by atoms with Crippen molar-refractivity contribution in [2.24, 2.45) is 11.3 Å². The molecule has 0 aromatic carbocycles. The molecule has 0 saturated heterocycles. The smallest absolute Gasteiger partial charge is 0.226 e. The maximum atomic E-state index is 12.3. The topological polar surface area (TPSA) is 49.3 Å². The number of aliphatic hydroxyl groups excluding tert-OH is 1. The van der Waals surface area contributed by atoms with Gasteiger partial charge >= 0.3 is 0 Å². The molecular weight excluding hydrogens is 214 g/mol. The highest BCUT2D eigenvalue weighted by Crippen LogP contribution is 2.36. The summed E-state index contributed by atoms with van der Waals surface area (Å²) in [5.41, 5.74) is -0.152. The van der Waals surface area contributed by atoms with Crippen LogP contribution in [0.5, 0.6) is 0 Å². The van der Waals surface area contributed by atoms with Gasteiger partial charge in [-0.1, -0.05) is 32.6 Å². The van der Waals surface area contributed by atoms with Crippen LogP contribution >= 0.6 is 0 Å². The minimum Gasteiger partial charge on any atom is -0.396 e. The molecule has 2 unspecified atom stereocenters. The molecule has 0 bridgehead atoms. The number of rotatable bonds is 3. The van der Waals surface area contributed by atoms with Crippen LogP contribution in [0.1, 0.15) is 58.3 Å². The first-order chi connectivity index (χ1) is 8.15. The molecule has 2 saturated carbocycles. The van der Waals surface area contributed by atoms with Crippen LogP contribution in [0, 0.1) is 11.3 Å². The molecule has 1 amide bonds. The lowest BCUT2D eigenvalue weighted by molar-refractivity contribution is -0.133. The molecule has 3 nitrogen and oxygen atoms in total. The Morgan fingerprint density at radius 2 is 1.94 bits per heavy atom. The standard InChI is InChI=1S/C14H25NO2/c1-14(8-3-2-4-9-14)13(17)15-12-7-5-6-11(12)10-16/h11-12,16H,2-10H2,1H3,(H,15,17). The lowest BCUT2D eigenvalue weighted by Crippen LogP contribution is -2.46. The largest absolute Gasteiger partial charge is 0.396 e. The van der Waals surface area contributed by atoms with Crippen LogP contribution in [-0.4, -0.2) is 23.7 Å². The zero-order valence-corrected chi connectivity index (χ0v) is 10.9. The molecule has 2 N–H and O–H groups in total. The zero-order valence-electron chi connectivity index (χ0n) is 10.9. The van der Waals surface area contributed by atoms with Gasteiger partial charge in [-0.2, -0.15) is 0 Å². The first-order valence-corrected chi connectivity index (χ1v) is 7.07. The van der Waals surface area contributed by atoms with E-state index in [4.69, 9.17) is 0 Å². The molecule has 0 heterocycles. The summed E-state index contributed by atoms with van der Waals surface area (Å²) in [6.45, 7) is 2.31. The second-order valence-electron chi connectivity index (χ2n) is 6.07. The van der Waals surface area contributed by atoms with Crippen molar-refractivity contribution < 1.29 is 9.90 Å². The van der Waals surface area contributed by atoms with Gasteiger partial charge in [-0.05, 0) is 25.7 Å². The van der Waals surface area contributed by atoms with Gasteiger partial charge in [-0.3, -0.25) is 4.79 Å². The van der Waals surface area contributed by atoms with Gasteiger partial charge in [0.15, 0.2) is 0 Å². The van der Waals surface area contributed by atoms with Gasteiger partial charge in [0.05, 0.1) is 0 Å². The molecular formula is C14H25NO2. The average Bonchev–Trinajstić information content (AvgIpc) is 2.77. The predicted molar refractivity (Wildman–Crippen MR) is 67.5 cm³/mol. The molecule has 2 aliphatic rings. The molecule has 0 aromatic rings. The zero-order chi connectivity index (χ0) is 12.3. The fourth-order valence-electron chi connectivity index (χ4n) is 3.35. The highest BCUT2D eigenvalue weighted by Gasteiger charge is 2.37. The molecule has 0 radical (unpaired) electrons. The summed E-state index contributed by atoms with van der Waals surface area (Å²) >= 11 is 0. The molecule has 0 aromatic heterocycles. The SMILES string of the molecule is CC1(C(=O)NC2CCCC2CO)CCCCC1. The Labute approximate surface area is 104 Å². The maximum Gasteiger partial charge on any atom is 0.226 e. The van der Waals surface area contributed by atoms with Crippen molar-refractivity contribution in [2.75, 3.05) is 6.61 Å². The van der Waals surface area contributed by atoms with Crippen molar-refractivity contribution in [1.82, 2.24) is 5.32 Å². The van der Waals surface area contributed by atoms with E-state index in [0.717, 1.165) is 32.1 Å². The average molecular weight is 239 g/mol. The Morgan fingerprint density at radius 1 is 1.24 bits per heavy atom. The Kier molecular flexibility index (Phi) is 4.08. The summed E-state index contributed by atoms with van der Waals surface area (Å²) in [4.78, 5) is 12.3. The van der Waals surface area contributed by atoms with Gasteiger partial charge in [-0.15, -0.1) is 0 Å². The summed E-state index contributed by atoms with van der Waals surface area (Å²) in [6.07, 6.45) is 8.89. The Balaban J connectivity index is 1.91. The second kappa shape index (κ2) is 5.38. The second-order valence-corrected chi connectivity index (χ2v) is 6.07. The number of amides is 1. The van der Waals surface area contributed by atoms with Gasteiger partial charge in [0.25, 0.3) is 0 Å². The first kappa shape index (κ1) is 12.9. The Bertz CT molecular complexity index is 271. The van der Waals surface area contributed by atoms with Crippen LogP contribution in [0.25, 0.3) is 0 Å². The number of carbonyl (C=O) groups excluding carboxylic acids is 1. The fourth-order valence-corrected chi connectivity index (χ4v) is 3.35. The third-order valence-corrected chi connectivity index (χ3v) is 4.72. The summed E-state index contributed by atoms with van der Waals surface area (Å²) in [5, 5.41) is 12.5. The monoisotopic (exact) mass is 239 g/mol.